The lowest BCUT2D eigenvalue weighted by molar-refractivity contribution is 0.248. The van der Waals surface area contributed by atoms with E-state index in [2.05, 4.69) is 5.32 Å². The quantitative estimate of drug-likeness (QED) is 0.832. The number of halogens is 1. The second-order valence-electron chi connectivity index (χ2n) is 3.00. The molecule has 0 aromatic heterocycles. The van der Waals surface area contributed by atoms with Gasteiger partial charge in [0.05, 0.1) is 6.61 Å². The van der Waals surface area contributed by atoms with Crippen LogP contribution in [0.25, 0.3) is 0 Å². The summed E-state index contributed by atoms with van der Waals surface area (Å²) in [5.74, 6) is 0. The molecule has 0 aliphatic heterocycles. The van der Waals surface area contributed by atoms with Crippen LogP contribution in [0.5, 0.6) is 0 Å². The van der Waals surface area contributed by atoms with E-state index in [0.29, 0.717) is 0 Å². The molecule has 0 fully saturated rings. The standard InChI is InChI=1S/C10H14ClNO.C2H6/c1-12-10(7-13)6-8-2-4-9(11)5-3-8;1-2/h2-5,10,12-13H,6-7H2,1H3;1-2H3/t10-;/m1./s1. The van der Waals surface area contributed by atoms with Crippen molar-refractivity contribution in [2.45, 2.75) is 26.3 Å². The summed E-state index contributed by atoms with van der Waals surface area (Å²) in [5, 5.41) is 12.7. The fourth-order valence-corrected chi connectivity index (χ4v) is 1.29. The van der Waals surface area contributed by atoms with Crippen molar-refractivity contribution < 1.29 is 5.11 Å². The van der Waals surface area contributed by atoms with Crippen molar-refractivity contribution in [1.82, 2.24) is 5.32 Å². The Kier molecular flexibility index (Phi) is 8.38. The highest BCUT2D eigenvalue weighted by Crippen LogP contribution is 2.10. The third-order valence-electron chi connectivity index (χ3n) is 2.02. The zero-order valence-corrected chi connectivity index (χ0v) is 10.4. The first-order valence-corrected chi connectivity index (χ1v) is 5.66. The summed E-state index contributed by atoms with van der Waals surface area (Å²) < 4.78 is 0. The van der Waals surface area contributed by atoms with Crippen molar-refractivity contribution >= 4 is 11.6 Å². The van der Waals surface area contributed by atoms with Crippen LogP contribution in [0.15, 0.2) is 24.3 Å². The van der Waals surface area contributed by atoms with Crippen LogP contribution in [0, 0.1) is 0 Å². The van der Waals surface area contributed by atoms with Crippen LogP contribution in [0.3, 0.4) is 0 Å². The van der Waals surface area contributed by atoms with E-state index in [1.54, 1.807) is 0 Å². The maximum atomic E-state index is 8.95. The van der Waals surface area contributed by atoms with E-state index < -0.39 is 0 Å². The molecule has 1 rings (SSSR count). The molecule has 15 heavy (non-hydrogen) atoms. The molecule has 0 saturated heterocycles. The lowest BCUT2D eigenvalue weighted by Gasteiger charge is -2.12. The second-order valence-corrected chi connectivity index (χ2v) is 3.44. The van der Waals surface area contributed by atoms with Gasteiger partial charge in [-0.05, 0) is 31.2 Å². The van der Waals surface area contributed by atoms with Crippen LogP contribution in [0.2, 0.25) is 5.02 Å². The van der Waals surface area contributed by atoms with Gasteiger partial charge in [0.1, 0.15) is 0 Å². The van der Waals surface area contributed by atoms with Crippen LogP contribution in [-0.4, -0.2) is 24.8 Å². The van der Waals surface area contributed by atoms with Gasteiger partial charge in [-0.15, -0.1) is 0 Å². The smallest absolute Gasteiger partial charge is 0.0587 e. The predicted molar refractivity (Wildman–Crippen MR) is 66.4 cm³/mol. The Morgan fingerprint density at radius 1 is 1.27 bits per heavy atom. The average molecular weight is 230 g/mol. The molecule has 0 radical (unpaired) electrons. The molecule has 0 saturated carbocycles. The Morgan fingerprint density at radius 3 is 2.20 bits per heavy atom. The van der Waals surface area contributed by atoms with Crippen molar-refractivity contribution in [3.63, 3.8) is 0 Å². The molecular formula is C12H20ClNO. The number of benzene rings is 1. The molecule has 0 amide bonds. The van der Waals surface area contributed by atoms with E-state index in [1.165, 1.54) is 5.56 Å². The predicted octanol–water partition coefficient (Wildman–Crippen LogP) is 2.49. The largest absolute Gasteiger partial charge is 0.395 e. The van der Waals surface area contributed by atoms with Gasteiger partial charge in [-0.3, -0.25) is 0 Å². The first-order chi connectivity index (χ1) is 7.26. The zero-order chi connectivity index (χ0) is 11.7. The molecule has 86 valence electrons. The van der Waals surface area contributed by atoms with Crippen molar-refractivity contribution in [1.29, 1.82) is 0 Å². The van der Waals surface area contributed by atoms with Gasteiger partial charge >= 0.3 is 0 Å². The molecule has 0 aliphatic rings. The number of nitrogens with one attached hydrogen (secondary N) is 1. The monoisotopic (exact) mass is 229 g/mol. The number of likely N-dealkylation sites (N-methyl/N-ethyl adjacent to an activating group) is 1. The summed E-state index contributed by atoms with van der Waals surface area (Å²) in [6.07, 6.45) is 0.824. The fraction of sp³-hybridized carbons (Fsp3) is 0.500. The van der Waals surface area contributed by atoms with Crippen LogP contribution in [0.4, 0.5) is 0 Å². The second kappa shape index (κ2) is 8.72. The van der Waals surface area contributed by atoms with E-state index in [-0.39, 0.29) is 12.6 Å². The Bertz CT molecular complexity index is 244. The van der Waals surface area contributed by atoms with Crippen LogP contribution in [0.1, 0.15) is 19.4 Å². The van der Waals surface area contributed by atoms with Crippen molar-refractivity contribution in [2.75, 3.05) is 13.7 Å². The summed E-state index contributed by atoms with van der Waals surface area (Å²) in [5.41, 5.74) is 1.18. The molecule has 1 atom stereocenters. The molecule has 2 nitrogen and oxygen atoms in total. The highest BCUT2D eigenvalue weighted by Gasteiger charge is 2.04. The van der Waals surface area contributed by atoms with Gasteiger partial charge in [0.15, 0.2) is 0 Å². The summed E-state index contributed by atoms with van der Waals surface area (Å²) in [7, 11) is 1.84. The minimum absolute atomic E-state index is 0.126. The number of hydrogen-bond acceptors (Lipinski definition) is 2. The molecule has 0 bridgehead atoms. The molecule has 0 aliphatic carbocycles. The van der Waals surface area contributed by atoms with E-state index >= 15 is 0 Å². The highest BCUT2D eigenvalue weighted by molar-refractivity contribution is 6.30. The zero-order valence-electron chi connectivity index (χ0n) is 9.63. The van der Waals surface area contributed by atoms with Gasteiger partial charge in [0, 0.05) is 11.1 Å². The third-order valence-corrected chi connectivity index (χ3v) is 2.28. The summed E-state index contributed by atoms with van der Waals surface area (Å²) >= 11 is 5.75. The maximum absolute atomic E-state index is 8.95. The fourth-order valence-electron chi connectivity index (χ4n) is 1.16. The first kappa shape index (κ1) is 14.4. The van der Waals surface area contributed by atoms with E-state index in [9.17, 15) is 0 Å². The van der Waals surface area contributed by atoms with Gasteiger partial charge in [-0.1, -0.05) is 37.6 Å². The topological polar surface area (TPSA) is 32.3 Å². The molecule has 0 unspecified atom stereocenters. The van der Waals surface area contributed by atoms with Gasteiger partial charge in [-0.25, -0.2) is 0 Å². The molecule has 0 heterocycles. The number of hydrogen-bond donors (Lipinski definition) is 2. The van der Waals surface area contributed by atoms with Gasteiger partial charge in [0.25, 0.3) is 0 Å². The van der Waals surface area contributed by atoms with E-state index in [0.717, 1.165) is 11.4 Å². The lowest BCUT2D eigenvalue weighted by Crippen LogP contribution is -2.31. The molecule has 0 spiro atoms. The van der Waals surface area contributed by atoms with E-state index in [1.807, 2.05) is 45.2 Å². The van der Waals surface area contributed by atoms with Crippen LogP contribution in [-0.2, 0) is 6.42 Å². The Morgan fingerprint density at radius 2 is 1.80 bits per heavy atom. The lowest BCUT2D eigenvalue weighted by atomic mass is 10.1. The Labute approximate surface area is 97.3 Å². The SMILES string of the molecule is CC.CN[C@@H](CO)Cc1ccc(Cl)cc1. The summed E-state index contributed by atoms with van der Waals surface area (Å²) in [4.78, 5) is 0. The average Bonchev–Trinajstić information content (AvgIpc) is 2.31. The van der Waals surface area contributed by atoms with Gasteiger partial charge in [0.2, 0.25) is 0 Å². The van der Waals surface area contributed by atoms with Crippen molar-refractivity contribution in [3.8, 4) is 0 Å². The van der Waals surface area contributed by atoms with Crippen molar-refractivity contribution in [3.05, 3.63) is 34.9 Å². The summed E-state index contributed by atoms with van der Waals surface area (Å²) in [6, 6.07) is 7.80. The summed E-state index contributed by atoms with van der Waals surface area (Å²) in [6.45, 7) is 4.15. The number of aliphatic hydroxyl groups is 1. The van der Waals surface area contributed by atoms with E-state index in [4.69, 9.17) is 16.7 Å². The normalized spacial score (nSPS) is 11.5. The van der Waals surface area contributed by atoms with Crippen LogP contribution < -0.4 is 5.32 Å². The minimum atomic E-state index is 0.126. The number of rotatable bonds is 4. The molecule has 1 aromatic rings. The van der Waals surface area contributed by atoms with Crippen LogP contribution >= 0.6 is 11.6 Å². The minimum Gasteiger partial charge on any atom is -0.395 e. The Balaban J connectivity index is 0.000000921. The third kappa shape index (κ3) is 5.78. The highest BCUT2D eigenvalue weighted by atomic mass is 35.5. The molecule has 1 aromatic carbocycles. The van der Waals surface area contributed by atoms with Crippen molar-refractivity contribution in [2.24, 2.45) is 0 Å². The molecular weight excluding hydrogens is 210 g/mol. The first-order valence-electron chi connectivity index (χ1n) is 5.29. The molecule has 3 heteroatoms. The maximum Gasteiger partial charge on any atom is 0.0587 e. The Hall–Kier alpha value is -0.570. The molecule has 2 N–H and O–H groups in total. The van der Waals surface area contributed by atoms with Gasteiger partial charge < -0.3 is 10.4 Å². The number of aliphatic hydroxyl groups excluding tert-OH is 1. The van der Waals surface area contributed by atoms with Gasteiger partial charge in [-0.2, -0.15) is 0 Å².